The smallest absolute Gasteiger partial charge is 0.188 e. The first kappa shape index (κ1) is 16.7. The van der Waals surface area contributed by atoms with Crippen LogP contribution in [-0.2, 0) is 9.84 Å². The minimum Gasteiger partial charge on any atom is -0.370 e. The molecule has 17 heavy (non-hydrogen) atoms. The normalized spacial score (nSPS) is 18.8. The van der Waals surface area contributed by atoms with Crippen molar-refractivity contribution in [2.24, 2.45) is 10.7 Å². The standard InChI is InChI=1S/C10H19N3O2S.HI/c1-3-7-12-9(11)13-8-10(5-4-6-10)16(2,14)15;/h3H,1,4-8H2,2H3,(H3,11,12,13);1H. The number of nitrogens with zero attached hydrogens (tertiary/aromatic N) is 1. The van der Waals surface area contributed by atoms with Gasteiger partial charge < -0.3 is 11.1 Å². The Kier molecular flexibility index (Phi) is 6.46. The van der Waals surface area contributed by atoms with E-state index in [0.29, 0.717) is 19.4 Å². The summed E-state index contributed by atoms with van der Waals surface area (Å²) in [7, 11) is -3.05. The zero-order chi connectivity index (χ0) is 12.2. The second kappa shape index (κ2) is 6.58. The van der Waals surface area contributed by atoms with E-state index in [9.17, 15) is 8.42 Å². The topological polar surface area (TPSA) is 84.5 Å². The van der Waals surface area contributed by atoms with Gasteiger partial charge in [0, 0.05) is 12.8 Å². The zero-order valence-electron chi connectivity index (χ0n) is 9.98. The van der Waals surface area contributed by atoms with Gasteiger partial charge in [-0.05, 0) is 12.8 Å². The van der Waals surface area contributed by atoms with Crippen LogP contribution in [0, 0.1) is 0 Å². The third kappa shape index (κ3) is 4.13. The lowest BCUT2D eigenvalue weighted by Gasteiger charge is -2.38. The molecule has 0 heterocycles. The summed E-state index contributed by atoms with van der Waals surface area (Å²) in [4.78, 5) is 4.08. The molecule has 0 aromatic rings. The van der Waals surface area contributed by atoms with E-state index in [1.54, 1.807) is 6.08 Å². The van der Waals surface area contributed by atoms with Crippen molar-refractivity contribution in [2.75, 3.05) is 19.3 Å². The molecular formula is C10H20IN3O2S. The van der Waals surface area contributed by atoms with Crippen LogP contribution in [0.1, 0.15) is 19.3 Å². The molecule has 1 saturated carbocycles. The van der Waals surface area contributed by atoms with Gasteiger partial charge in [-0.25, -0.2) is 8.42 Å². The lowest BCUT2D eigenvalue weighted by molar-refractivity contribution is 0.346. The third-order valence-electron chi connectivity index (χ3n) is 3.02. The van der Waals surface area contributed by atoms with E-state index in [1.807, 2.05) is 0 Å². The number of aliphatic imine (C=N–C) groups is 1. The molecule has 0 saturated heterocycles. The Bertz CT molecular complexity index is 388. The first-order chi connectivity index (χ1) is 7.41. The van der Waals surface area contributed by atoms with E-state index in [1.165, 1.54) is 6.26 Å². The van der Waals surface area contributed by atoms with E-state index in [0.717, 1.165) is 6.42 Å². The molecule has 100 valence electrons. The van der Waals surface area contributed by atoms with Crippen LogP contribution >= 0.6 is 24.0 Å². The molecule has 0 radical (unpaired) electrons. The van der Waals surface area contributed by atoms with Crippen LogP contribution in [0.3, 0.4) is 0 Å². The van der Waals surface area contributed by atoms with Gasteiger partial charge in [0.05, 0.1) is 11.3 Å². The van der Waals surface area contributed by atoms with Crippen molar-refractivity contribution in [3.05, 3.63) is 12.7 Å². The fourth-order valence-electron chi connectivity index (χ4n) is 1.68. The first-order valence-electron chi connectivity index (χ1n) is 5.25. The molecule has 5 nitrogen and oxygen atoms in total. The second-order valence-corrected chi connectivity index (χ2v) is 6.59. The fourth-order valence-corrected chi connectivity index (χ4v) is 3.01. The molecule has 1 rings (SSSR count). The molecule has 1 aliphatic rings. The Balaban J connectivity index is 0.00000256. The van der Waals surface area contributed by atoms with Gasteiger partial charge in [-0.1, -0.05) is 12.5 Å². The molecule has 0 atom stereocenters. The van der Waals surface area contributed by atoms with E-state index in [2.05, 4.69) is 16.9 Å². The lowest BCUT2D eigenvalue weighted by Crippen LogP contribution is -2.48. The Morgan fingerprint density at radius 1 is 1.59 bits per heavy atom. The molecule has 1 aliphatic carbocycles. The number of nitrogens with one attached hydrogen (secondary N) is 1. The maximum absolute atomic E-state index is 11.6. The van der Waals surface area contributed by atoms with E-state index in [-0.39, 0.29) is 36.5 Å². The Morgan fingerprint density at radius 3 is 2.53 bits per heavy atom. The van der Waals surface area contributed by atoms with Crippen molar-refractivity contribution < 1.29 is 8.42 Å². The van der Waals surface area contributed by atoms with Gasteiger partial charge in [0.15, 0.2) is 15.8 Å². The minimum atomic E-state index is -3.05. The zero-order valence-corrected chi connectivity index (χ0v) is 13.1. The van der Waals surface area contributed by atoms with Gasteiger partial charge in [-0.2, -0.15) is 0 Å². The molecule has 7 heteroatoms. The molecule has 0 unspecified atom stereocenters. The minimum absolute atomic E-state index is 0. The summed E-state index contributed by atoms with van der Waals surface area (Å²) in [5.74, 6) is 0.273. The summed E-state index contributed by atoms with van der Waals surface area (Å²) in [5, 5.41) is 2.82. The molecule has 0 spiro atoms. The summed E-state index contributed by atoms with van der Waals surface area (Å²) < 4.78 is 22.6. The number of nitrogens with two attached hydrogens (primary N) is 1. The van der Waals surface area contributed by atoms with Crippen molar-refractivity contribution in [3.8, 4) is 0 Å². The average Bonchev–Trinajstić information content (AvgIpc) is 2.10. The number of sulfone groups is 1. The molecule has 0 aliphatic heterocycles. The van der Waals surface area contributed by atoms with Crippen molar-refractivity contribution in [3.63, 3.8) is 0 Å². The summed E-state index contributed by atoms with van der Waals surface area (Å²) in [6.45, 7) is 4.32. The number of hydrogen-bond donors (Lipinski definition) is 2. The average molecular weight is 373 g/mol. The fraction of sp³-hybridized carbons (Fsp3) is 0.700. The summed E-state index contributed by atoms with van der Waals surface area (Å²) in [6.07, 6.45) is 5.25. The number of guanidine groups is 1. The molecule has 0 bridgehead atoms. The summed E-state index contributed by atoms with van der Waals surface area (Å²) >= 11 is 0. The van der Waals surface area contributed by atoms with Gasteiger partial charge in [0.1, 0.15) is 0 Å². The van der Waals surface area contributed by atoms with E-state index < -0.39 is 14.6 Å². The van der Waals surface area contributed by atoms with E-state index in [4.69, 9.17) is 5.73 Å². The molecule has 0 amide bonds. The summed E-state index contributed by atoms with van der Waals surface area (Å²) in [6, 6.07) is 0. The third-order valence-corrected chi connectivity index (χ3v) is 5.13. The molecule has 3 N–H and O–H groups in total. The highest BCUT2D eigenvalue weighted by Gasteiger charge is 2.46. The maximum Gasteiger partial charge on any atom is 0.188 e. The van der Waals surface area contributed by atoms with Crippen LogP contribution in [0.2, 0.25) is 0 Å². The van der Waals surface area contributed by atoms with Crippen molar-refractivity contribution in [2.45, 2.75) is 24.0 Å². The number of rotatable bonds is 5. The van der Waals surface area contributed by atoms with Crippen LogP contribution in [0.15, 0.2) is 17.6 Å². The van der Waals surface area contributed by atoms with Crippen molar-refractivity contribution >= 4 is 39.8 Å². The van der Waals surface area contributed by atoms with Gasteiger partial charge in [-0.3, -0.25) is 4.99 Å². The highest BCUT2D eigenvalue weighted by atomic mass is 127. The molecule has 0 aromatic carbocycles. The van der Waals surface area contributed by atoms with Gasteiger partial charge in [0.2, 0.25) is 0 Å². The number of hydrogen-bond acceptors (Lipinski definition) is 3. The van der Waals surface area contributed by atoms with Crippen molar-refractivity contribution in [1.82, 2.24) is 5.32 Å². The molecule has 0 aromatic heterocycles. The number of halogens is 1. The Labute approximate surface area is 120 Å². The SMILES string of the molecule is C=CCNC(N)=NCC1(S(C)(=O)=O)CCC1.I. The van der Waals surface area contributed by atoms with Crippen LogP contribution in [0.4, 0.5) is 0 Å². The maximum atomic E-state index is 11.6. The highest BCUT2D eigenvalue weighted by molar-refractivity contribution is 14.0. The van der Waals surface area contributed by atoms with Crippen LogP contribution < -0.4 is 11.1 Å². The van der Waals surface area contributed by atoms with Crippen LogP contribution in [0.25, 0.3) is 0 Å². The van der Waals surface area contributed by atoms with Gasteiger partial charge >= 0.3 is 0 Å². The van der Waals surface area contributed by atoms with Gasteiger partial charge in [0.25, 0.3) is 0 Å². The Hall–Kier alpha value is -0.310. The summed E-state index contributed by atoms with van der Waals surface area (Å²) in [5.41, 5.74) is 5.59. The Morgan fingerprint density at radius 2 is 2.18 bits per heavy atom. The molecular weight excluding hydrogens is 353 g/mol. The van der Waals surface area contributed by atoms with Crippen LogP contribution in [-0.4, -0.2) is 38.5 Å². The predicted molar refractivity (Wildman–Crippen MR) is 81.5 cm³/mol. The second-order valence-electron chi connectivity index (χ2n) is 4.18. The monoisotopic (exact) mass is 373 g/mol. The van der Waals surface area contributed by atoms with E-state index >= 15 is 0 Å². The molecule has 1 fully saturated rings. The first-order valence-corrected chi connectivity index (χ1v) is 7.15. The predicted octanol–water partition coefficient (Wildman–Crippen LogP) is 0.662. The van der Waals surface area contributed by atoms with Crippen LogP contribution in [0.5, 0.6) is 0 Å². The quantitative estimate of drug-likeness (QED) is 0.321. The largest absolute Gasteiger partial charge is 0.370 e. The highest BCUT2D eigenvalue weighted by Crippen LogP contribution is 2.39. The van der Waals surface area contributed by atoms with Gasteiger partial charge in [-0.15, -0.1) is 30.6 Å². The lowest BCUT2D eigenvalue weighted by atomic mass is 9.84. The van der Waals surface area contributed by atoms with Crippen molar-refractivity contribution in [1.29, 1.82) is 0 Å².